The molecule has 0 aliphatic heterocycles. The molecule has 0 unspecified atom stereocenters. The fourth-order valence-electron chi connectivity index (χ4n) is 1.22. The van der Waals surface area contributed by atoms with Gasteiger partial charge >= 0.3 is 0 Å². The summed E-state index contributed by atoms with van der Waals surface area (Å²) in [6.45, 7) is 1.04. The van der Waals surface area contributed by atoms with Gasteiger partial charge in [-0.05, 0) is 24.3 Å². The summed E-state index contributed by atoms with van der Waals surface area (Å²) in [7, 11) is 0. The van der Waals surface area contributed by atoms with E-state index in [1.165, 1.54) is 0 Å². The Labute approximate surface area is 100 Å². The van der Waals surface area contributed by atoms with Crippen LogP contribution in [0.2, 0.25) is 0 Å². The van der Waals surface area contributed by atoms with E-state index < -0.39 is 6.10 Å². The van der Waals surface area contributed by atoms with Gasteiger partial charge in [0.15, 0.2) is 0 Å². The molecule has 0 radical (unpaired) electrons. The predicted octanol–water partition coefficient (Wildman–Crippen LogP) is -0.120. The molecule has 92 valence electrons. The topological polar surface area (TPSA) is 85.5 Å². The van der Waals surface area contributed by atoms with Crippen molar-refractivity contribution in [3.63, 3.8) is 0 Å². The first-order valence-electron chi connectivity index (χ1n) is 5.39. The molecule has 0 spiro atoms. The normalized spacial score (nSPS) is 11.8. The van der Waals surface area contributed by atoms with Crippen molar-refractivity contribution < 1.29 is 14.9 Å². The molecule has 0 aliphatic carbocycles. The van der Waals surface area contributed by atoms with Gasteiger partial charge in [-0.1, -0.05) is 0 Å². The second kappa shape index (κ2) is 7.63. The van der Waals surface area contributed by atoms with Crippen LogP contribution in [0, 0.1) is 11.3 Å². The van der Waals surface area contributed by atoms with Crippen molar-refractivity contribution in [1.82, 2.24) is 5.32 Å². The molecule has 17 heavy (non-hydrogen) atoms. The maximum absolute atomic E-state index is 9.52. The van der Waals surface area contributed by atoms with Crippen molar-refractivity contribution in [3.05, 3.63) is 29.8 Å². The molecule has 0 aliphatic rings. The highest BCUT2D eigenvalue weighted by Crippen LogP contribution is 2.11. The van der Waals surface area contributed by atoms with Gasteiger partial charge in [-0.15, -0.1) is 0 Å². The fraction of sp³-hybridized carbons (Fsp3) is 0.417. The third-order valence-corrected chi connectivity index (χ3v) is 2.09. The van der Waals surface area contributed by atoms with Crippen molar-refractivity contribution in [1.29, 1.82) is 5.26 Å². The minimum absolute atomic E-state index is 0.0448. The molecule has 0 saturated heterocycles. The molecule has 0 fully saturated rings. The van der Waals surface area contributed by atoms with Gasteiger partial charge in [-0.3, -0.25) is 0 Å². The van der Waals surface area contributed by atoms with Crippen LogP contribution in [0.1, 0.15) is 5.56 Å². The van der Waals surface area contributed by atoms with Crippen LogP contribution in [0.15, 0.2) is 24.3 Å². The monoisotopic (exact) mass is 236 g/mol. The summed E-state index contributed by atoms with van der Waals surface area (Å²) < 4.78 is 5.34. The second-order valence-corrected chi connectivity index (χ2v) is 3.53. The number of aliphatic hydroxyl groups excluding tert-OH is 2. The van der Waals surface area contributed by atoms with Gasteiger partial charge < -0.3 is 20.3 Å². The summed E-state index contributed by atoms with van der Waals surface area (Å²) in [4.78, 5) is 0. The van der Waals surface area contributed by atoms with Gasteiger partial charge in [0.05, 0.1) is 18.2 Å². The molecule has 0 heterocycles. The molecule has 0 bridgehead atoms. The van der Waals surface area contributed by atoms with Crippen molar-refractivity contribution in [2.45, 2.75) is 6.10 Å². The van der Waals surface area contributed by atoms with Crippen molar-refractivity contribution in [2.75, 3.05) is 26.3 Å². The van der Waals surface area contributed by atoms with E-state index in [1.807, 2.05) is 6.07 Å². The smallest absolute Gasteiger partial charge is 0.119 e. The first-order chi connectivity index (χ1) is 8.26. The number of nitriles is 1. The molecular formula is C12H16N2O3. The number of benzene rings is 1. The van der Waals surface area contributed by atoms with E-state index in [0.717, 1.165) is 0 Å². The van der Waals surface area contributed by atoms with E-state index in [4.69, 9.17) is 15.1 Å². The lowest BCUT2D eigenvalue weighted by molar-refractivity contribution is 0.105. The number of ether oxygens (including phenoxy) is 1. The third kappa shape index (κ3) is 5.31. The Bertz CT molecular complexity index is 359. The largest absolute Gasteiger partial charge is 0.491 e. The first kappa shape index (κ1) is 13.5. The summed E-state index contributed by atoms with van der Waals surface area (Å²) in [5, 5.41) is 29.5. The van der Waals surface area contributed by atoms with E-state index >= 15 is 0 Å². The zero-order valence-corrected chi connectivity index (χ0v) is 9.47. The third-order valence-electron chi connectivity index (χ3n) is 2.09. The lowest BCUT2D eigenvalue weighted by atomic mass is 10.2. The standard InChI is InChI=1S/C12H16N2O3/c13-7-10-1-3-12(4-2-10)17-9-11(16)8-14-5-6-15/h1-4,11,14-16H,5-6,8-9H2/t11-/m0/s1. The highest BCUT2D eigenvalue weighted by Gasteiger charge is 2.04. The molecule has 1 rings (SSSR count). The molecule has 3 N–H and O–H groups in total. The number of rotatable bonds is 7. The Kier molecular flexibility index (Phi) is 6.04. The second-order valence-electron chi connectivity index (χ2n) is 3.53. The average molecular weight is 236 g/mol. The highest BCUT2D eigenvalue weighted by atomic mass is 16.5. The zero-order chi connectivity index (χ0) is 12.5. The van der Waals surface area contributed by atoms with Gasteiger partial charge in [0.25, 0.3) is 0 Å². The molecule has 1 aromatic carbocycles. The molecule has 5 nitrogen and oxygen atoms in total. The van der Waals surface area contributed by atoms with E-state index in [2.05, 4.69) is 5.32 Å². The average Bonchev–Trinajstić information content (AvgIpc) is 2.37. The van der Waals surface area contributed by atoms with Crippen LogP contribution < -0.4 is 10.1 Å². The Hall–Kier alpha value is -1.61. The minimum atomic E-state index is -0.628. The molecule has 0 amide bonds. The van der Waals surface area contributed by atoms with Crippen molar-refractivity contribution in [2.24, 2.45) is 0 Å². The highest BCUT2D eigenvalue weighted by molar-refractivity contribution is 5.34. The maximum Gasteiger partial charge on any atom is 0.119 e. The lowest BCUT2D eigenvalue weighted by Crippen LogP contribution is -2.32. The fourth-order valence-corrected chi connectivity index (χ4v) is 1.22. The molecule has 5 heteroatoms. The van der Waals surface area contributed by atoms with Gasteiger partial charge in [-0.2, -0.15) is 5.26 Å². The summed E-state index contributed by atoms with van der Waals surface area (Å²) in [6.07, 6.45) is -0.628. The van der Waals surface area contributed by atoms with Gasteiger partial charge in [0.2, 0.25) is 0 Å². The van der Waals surface area contributed by atoms with E-state index in [-0.39, 0.29) is 13.2 Å². The molecular weight excluding hydrogens is 220 g/mol. The van der Waals surface area contributed by atoms with Crippen LogP contribution >= 0.6 is 0 Å². The minimum Gasteiger partial charge on any atom is -0.491 e. The quantitative estimate of drug-likeness (QED) is 0.575. The summed E-state index contributed by atoms with van der Waals surface area (Å²) in [6, 6.07) is 8.71. The Balaban J connectivity index is 2.27. The molecule has 1 aromatic rings. The Morgan fingerprint density at radius 3 is 2.65 bits per heavy atom. The first-order valence-corrected chi connectivity index (χ1v) is 5.39. The maximum atomic E-state index is 9.52. The van der Waals surface area contributed by atoms with E-state index in [1.54, 1.807) is 24.3 Å². The SMILES string of the molecule is N#Cc1ccc(OC[C@@H](O)CNCCO)cc1. The Morgan fingerprint density at radius 2 is 2.06 bits per heavy atom. The molecule has 0 saturated carbocycles. The number of nitrogens with one attached hydrogen (secondary N) is 1. The number of hydrogen-bond donors (Lipinski definition) is 3. The van der Waals surface area contributed by atoms with E-state index in [9.17, 15) is 5.11 Å². The van der Waals surface area contributed by atoms with Crippen LogP contribution in [0.4, 0.5) is 0 Å². The van der Waals surface area contributed by atoms with Crippen LogP contribution in [-0.2, 0) is 0 Å². The van der Waals surface area contributed by atoms with Crippen LogP contribution in [0.5, 0.6) is 5.75 Å². The summed E-state index contributed by atoms with van der Waals surface area (Å²) in [5.74, 6) is 0.616. The molecule has 0 aromatic heterocycles. The number of aliphatic hydroxyl groups is 2. The molecule has 1 atom stereocenters. The van der Waals surface area contributed by atoms with Gasteiger partial charge in [0, 0.05) is 13.1 Å². The van der Waals surface area contributed by atoms with Crippen LogP contribution in [-0.4, -0.2) is 42.6 Å². The summed E-state index contributed by atoms with van der Waals surface area (Å²) >= 11 is 0. The number of hydrogen-bond acceptors (Lipinski definition) is 5. The zero-order valence-electron chi connectivity index (χ0n) is 9.47. The van der Waals surface area contributed by atoms with Crippen LogP contribution in [0.25, 0.3) is 0 Å². The lowest BCUT2D eigenvalue weighted by Gasteiger charge is -2.12. The Morgan fingerprint density at radius 1 is 1.35 bits per heavy atom. The van der Waals surface area contributed by atoms with Gasteiger partial charge in [-0.25, -0.2) is 0 Å². The predicted molar refractivity (Wildman–Crippen MR) is 62.6 cm³/mol. The van der Waals surface area contributed by atoms with E-state index in [0.29, 0.717) is 24.4 Å². The van der Waals surface area contributed by atoms with Crippen molar-refractivity contribution in [3.8, 4) is 11.8 Å². The summed E-state index contributed by atoms with van der Waals surface area (Å²) in [5.41, 5.74) is 0.572. The number of nitrogens with zero attached hydrogens (tertiary/aromatic N) is 1. The van der Waals surface area contributed by atoms with Gasteiger partial charge in [0.1, 0.15) is 18.5 Å². The van der Waals surface area contributed by atoms with Crippen LogP contribution in [0.3, 0.4) is 0 Å². The van der Waals surface area contributed by atoms with Crippen molar-refractivity contribution >= 4 is 0 Å².